The number of ether oxygens (including phenoxy) is 2. The summed E-state index contributed by atoms with van der Waals surface area (Å²) < 4.78 is 11.2. The van der Waals surface area contributed by atoms with E-state index in [2.05, 4.69) is 21.6 Å². The highest BCUT2D eigenvalue weighted by Gasteiger charge is 2.46. The quantitative estimate of drug-likeness (QED) is 0.366. The molecule has 0 aromatic rings. The van der Waals surface area contributed by atoms with Gasteiger partial charge in [-0.25, -0.2) is 9.59 Å². The second-order valence-corrected chi connectivity index (χ2v) is 15.2. The molecule has 5 rings (SSSR count). The lowest BCUT2D eigenvalue weighted by Crippen LogP contribution is -2.57. The molecule has 5 heterocycles. The van der Waals surface area contributed by atoms with Gasteiger partial charge in [0, 0.05) is 36.8 Å². The summed E-state index contributed by atoms with van der Waals surface area (Å²) in [6.07, 6.45) is 14.7. The monoisotopic (exact) mass is 576 g/mol. The first-order valence-electron chi connectivity index (χ1n) is 16.8. The van der Waals surface area contributed by atoms with Gasteiger partial charge in [0.25, 0.3) is 0 Å². The summed E-state index contributed by atoms with van der Waals surface area (Å²) >= 11 is 0. The van der Waals surface area contributed by atoms with Crippen LogP contribution < -0.4 is 0 Å². The van der Waals surface area contributed by atoms with Crippen LogP contribution in [0, 0.1) is 0 Å². The Morgan fingerprint density at radius 2 is 1.07 bits per heavy atom. The number of amides is 2. The molecule has 0 aliphatic carbocycles. The minimum Gasteiger partial charge on any atom is -0.444 e. The Bertz CT molecular complexity index is 842. The van der Waals surface area contributed by atoms with Crippen molar-refractivity contribution in [3.05, 3.63) is 0 Å². The maximum Gasteiger partial charge on any atom is 0.410 e. The van der Waals surface area contributed by atoms with Gasteiger partial charge >= 0.3 is 12.2 Å². The molecule has 5 aliphatic rings. The van der Waals surface area contributed by atoms with Gasteiger partial charge in [0.05, 0.1) is 0 Å². The molecule has 0 saturated carbocycles. The molecule has 4 atom stereocenters. The lowest BCUT2D eigenvalue weighted by molar-refractivity contribution is -0.00966. The fraction of sp³-hybridized carbons (Fsp3) is 0.939. The van der Waals surface area contributed by atoms with Crippen molar-refractivity contribution in [3.8, 4) is 0 Å². The van der Waals surface area contributed by atoms with Crippen molar-refractivity contribution in [1.82, 2.24) is 19.6 Å². The van der Waals surface area contributed by atoms with E-state index in [4.69, 9.17) is 9.47 Å². The lowest BCUT2D eigenvalue weighted by Gasteiger charge is -2.45. The summed E-state index contributed by atoms with van der Waals surface area (Å²) in [5, 5.41) is 0. The van der Waals surface area contributed by atoms with Gasteiger partial charge in [0.15, 0.2) is 0 Å². The van der Waals surface area contributed by atoms with Crippen molar-refractivity contribution in [1.29, 1.82) is 0 Å². The molecule has 0 N–H and O–H groups in total. The molecule has 0 spiro atoms. The third-order valence-corrected chi connectivity index (χ3v) is 9.65. The van der Waals surface area contributed by atoms with E-state index >= 15 is 0 Å². The third-order valence-electron chi connectivity index (χ3n) is 9.65. The summed E-state index contributed by atoms with van der Waals surface area (Å²) in [5.41, 5.74) is -0.797. The molecule has 2 amide bonds. The largest absolute Gasteiger partial charge is 0.444 e. The fourth-order valence-electron chi connectivity index (χ4n) is 7.78. The van der Waals surface area contributed by atoms with Crippen LogP contribution in [0.25, 0.3) is 0 Å². The topological polar surface area (TPSA) is 65.6 Å². The zero-order valence-electron chi connectivity index (χ0n) is 27.3. The normalized spacial score (nSPS) is 31.7. The Morgan fingerprint density at radius 1 is 0.585 bits per heavy atom. The zero-order chi connectivity index (χ0) is 29.8. The van der Waals surface area contributed by atoms with Crippen molar-refractivity contribution < 1.29 is 19.1 Å². The van der Waals surface area contributed by atoms with E-state index in [1.165, 1.54) is 71.1 Å². The highest BCUT2D eigenvalue weighted by Crippen LogP contribution is 2.39. The number of likely N-dealkylation sites (tertiary alicyclic amines) is 3. The fourth-order valence-corrected chi connectivity index (χ4v) is 7.78. The number of piperidine rings is 4. The number of carbonyl (C=O) groups excluding carboxylic acids is 2. The van der Waals surface area contributed by atoms with Gasteiger partial charge in [-0.15, -0.1) is 0 Å². The first kappa shape index (κ1) is 32.4. The molecule has 41 heavy (non-hydrogen) atoms. The average Bonchev–Trinajstić information content (AvgIpc) is 3.18. The Hall–Kier alpha value is -1.54. The minimum atomic E-state index is -0.408. The summed E-state index contributed by atoms with van der Waals surface area (Å²) in [7, 11) is 0. The summed E-state index contributed by atoms with van der Waals surface area (Å²) in [4.78, 5) is 34.1. The Kier molecular flexibility index (Phi) is 10.9. The molecule has 5 aliphatic heterocycles. The summed E-state index contributed by atoms with van der Waals surface area (Å²) in [6.45, 7) is 19.6. The minimum absolute atomic E-state index is 0.0907. The standard InChI is InChI=1S/C17H30N2O2.C16H30N2O2/c1-17(2,3)21-16(20)19-13-7-8-14(19)12-15(11-13)18-9-5-4-6-10-18;1-13-14(17-10-6-5-7-11-17)9-8-12-18(13)15(19)20-16(2,3)4/h13-15H,4-12H2,1-3H3;13-14H,5-12H2,1-4H3. The van der Waals surface area contributed by atoms with Crippen LogP contribution in [0.4, 0.5) is 9.59 Å². The van der Waals surface area contributed by atoms with Crippen LogP contribution in [0.15, 0.2) is 0 Å². The zero-order valence-corrected chi connectivity index (χ0v) is 27.3. The lowest BCUT2D eigenvalue weighted by atomic mass is 9.94. The maximum atomic E-state index is 12.4. The average molecular weight is 577 g/mol. The van der Waals surface area contributed by atoms with Crippen molar-refractivity contribution in [2.24, 2.45) is 0 Å². The molecule has 0 aromatic heterocycles. The van der Waals surface area contributed by atoms with Crippen molar-refractivity contribution in [2.45, 2.75) is 167 Å². The highest BCUT2D eigenvalue weighted by molar-refractivity contribution is 5.70. The van der Waals surface area contributed by atoms with E-state index < -0.39 is 5.60 Å². The van der Waals surface area contributed by atoms with Crippen LogP contribution >= 0.6 is 0 Å². The van der Waals surface area contributed by atoms with Crippen LogP contribution in [-0.4, -0.2) is 106 Å². The maximum absolute atomic E-state index is 12.4. The summed E-state index contributed by atoms with van der Waals surface area (Å²) in [5.74, 6) is 0. The Morgan fingerprint density at radius 3 is 1.59 bits per heavy atom. The van der Waals surface area contributed by atoms with E-state index in [0.29, 0.717) is 24.2 Å². The van der Waals surface area contributed by atoms with Gasteiger partial charge in [0.2, 0.25) is 0 Å². The Balaban J connectivity index is 0.000000189. The third kappa shape index (κ3) is 8.98. The number of carbonyl (C=O) groups is 2. The molecule has 0 radical (unpaired) electrons. The molecule has 8 nitrogen and oxygen atoms in total. The molecule has 236 valence electrons. The number of hydrogen-bond acceptors (Lipinski definition) is 6. The van der Waals surface area contributed by atoms with Crippen LogP contribution in [0.5, 0.6) is 0 Å². The first-order chi connectivity index (χ1) is 19.3. The van der Waals surface area contributed by atoms with Gasteiger partial charge in [-0.3, -0.25) is 4.90 Å². The molecule has 5 fully saturated rings. The van der Waals surface area contributed by atoms with E-state index in [1.807, 2.05) is 46.4 Å². The predicted octanol–water partition coefficient (Wildman–Crippen LogP) is 6.66. The van der Waals surface area contributed by atoms with Crippen molar-refractivity contribution in [2.75, 3.05) is 32.7 Å². The van der Waals surface area contributed by atoms with Gasteiger partial charge in [0.1, 0.15) is 11.2 Å². The van der Waals surface area contributed by atoms with Gasteiger partial charge in [-0.2, -0.15) is 0 Å². The molecule has 4 unspecified atom stereocenters. The van der Waals surface area contributed by atoms with Gasteiger partial charge < -0.3 is 24.2 Å². The second-order valence-electron chi connectivity index (χ2n) is 15.2. The number of rotatable bonds is 2. The molecule has 0 aromatic carbocycles. The first-order valence-corrected chi connectivity index (χ1v) is 16.8. The molecule has 5 saturated heterocycles. The van der Waals surface area contributed by atoms with Gasteiger partial charge in [-0.1, -0.05) is 12.8 Å². The molecular formula is C33H60N4O4. The van der Waals surface area contributed by atoms with E-state index in [1.54, 1.807) is 0 Å². The number of hydrogen-bond donors (Lipinski definition) is 0. The van der Waals surface area contributed by atoms with E-state index in [9.17, 15) is 9.59 Å². The smallest absolute Gasteiger partial charge is 0.410 e. The van der Waals surface area contributed by atoms with Crippen LogP contribution in [0.3, 0.4) is 0 Å². The molecule has 2 bridgehead atoms. The van der Waals surface area contributed by atoms with Crippen molar-refractivity contribution >= 4 is 12.2 Å². The predicted molar refractivity (Wildman–Crippen MR) is 164 cm³/mol. The molecular weight excluding hydrogens is 516 g/mol. The van der Waals surface area contributed by atoms with E-state index in [-0.39, 0.29) is 23.8 Å². The Labute approximate surface area is 250 Å². The van der Waals surface area contributed by atoms with Crippen LogP contribution in [0.1, 0.15) is 126 Å². The molecule has 8 heteroatoms. The number of nitrogens with zero attached hydrogens (tertiary/aromatic N) is 4. The van der Waals surface area contributed by atoms with Gasteiger partial charge in [-0.05, 0) is 139 Å². The van der Waals surface area contributed by atoms with E-state index in [0.717, 1.165) is 38.6 Å². The van der Waals surface area contributed by atoms with Crippen LogP contribution in [-0.2, 0) is 9.47 Å². The number of fused-ring (bicyclic) bond motifs is 2. The second kappa shape index (κ2) is 13.8. The van der Waals surface area contributed by atoms with Crippen LogP contribution in [0.2, 0.25) is 0 Å². The highest BCUT2D eigenvalue weighted by atomic mass is 16.6. The van der Waals surface area contributed by atoms with Crippen molar-refractivity contribution in [3.63, 3.8) is 0 Å². The SMILES string of the molecule is CC(C)(C)OC(=O)N1C2CCC1CC(N1CCCCC1)C2.CC1C(N2CCCCC2)CCCN1C(=O)OC(C)(C)C. The summed E-state index contributed by atoms with van der Waals surface area (Å²) in [6, 6.07) is 2.28.